The molecule has 144 valence electrons. The van der Waals surface area contributed by atoms with Crippen molar-refractivity contribution in [1.82, 2.24) is 25.0 Å². The molecule has 1 saturated heterocycles. The van der Waals surface area contributed by atoms with Crippen molar-refractivity contribution in [2.45, 2.75) is 6.54 Å². The molecular weight excluding hydrogens is 344 g/mol. The number of carbonyl (C=O) groups is 1. The van der Waals surface area contributed by atoms with Gasteiger partial charge in [-0.1, -0.05) is 6.07 Å². The first-order valence-corrected chi connectivity index (χ1v) is 8.85. The van der Waals surface area contributed by atoms with Gasteiger partial charge in [-0.2, -0.15) is 5.10 Å². The van der Waals surface area contributed by atoms with E-state index in [1.807, 2.05) is 55.5 Å². The predicted octanol–water partition coefficient (Wildman–Crippen LogP) is 0.305. The van der Waals surface area contributed by atoms with Gasteiger partial charge < -0.3 is 20.0 Å². The molecule has 0 unspecified atom stereocenters. The van der Waals surface area contributed by atoms with Crippen molar-refractivity contribution in [3.8, 4) is 0 Å². The SMILES string of the molecule is CN=C(NCc1ccc(N(C)C)nc1)N1CCN(c2cnn(C)c2)C(=O)C1. The topological polar surface area (TPSA) is 81.9 Å². The molecule has 3 heterocycles. The minimum atomic E-state index is 0.0363. The summed E-state index contributed by atoms with van der Waals surface area (Å²) in [5.74, 6) is 1.67. The number of pyridine rings is 1. The summed E-state index contributed by atoms with van der Waals surface area (Å²) in [6, 6.07) is 4.02. The highest BCUT2D eigenvalue weighted by molar-refractivity contribution is 5.98. The van der Waals surface area contributed by atoms with Crippen molar-refractivity contribution < 1.29 is 4.79 Å². The van der Waals surface area contributed by atoms with Crippen LogP contribution in [-0.4, -0.2) is 72.3 Å². The number of aryl methyl sites for hydroxylation is 1. The van der Waals surface area contributed by atoms with Crippen LogP contribution in [0.5, 0.6) is 0 Å². The molecule has 0 spiro atoms. The van der Waals surface area contributed by atoms with Crippen LogP contribution in [0, 0.1) is 0 Å². The molecule has 1 N–H and O–H groups in total. The fourth-order valence-corrected chi connectivity index (χ4v) is 2.97. The molecule has 1 fully saturated rings. The standard InChI is InChI=1S/C18H26N8O/c1-19-18(21-10-14-5-6-16(20-9-14)23(2)3)25-7-8-26(17(27)13-25)15-11-22-24(4)12-15/h5-6,9,11-12H,7-8,10,13H2,1-4H3,(H,19,21). The summed E-state index contributed by atoms with van der Waals surface area (Å²) in [6.07, 6.45) is 5.41. The first-order valence-electron chi connectivity index (χ1n) is 8.85. The normalized spacial score (nSPS) is 15.3. The minimum absolute atomic E-state index is 0.0363. The lowest BCUT2D eigenvalue weighted by molar-refractivity contribution is -0.120. The van der Waals surface area contributed by atoms with Crippen LogP contribution in [0.4, 0.5) is 11.5 Å². The lowest BCUT2D eigenvalue weighted by Crippen LogP contribution is -2.55. The van der Waals surface area contributed by atoms with Gasteiger partial charge in [0.25, 0.3) is 0 Å². The van der Waals surface area contributed by atoms with E-state index in [-0.39, 0.29) is 12.5 Å². The number of guanidine groups is 1. The second-order valence-corrected chi connectivity index (χ2v) is 6.66. The molecule has 3 rings (SSSR count). The fraction of sp³-hybridized carbons (Fsp3) is 0.444. The van der Waals surface area contributed by atoms with Crippen LogP contribution >= 0.6 is 0 Å². The van der Waals surface area contributed by atoms with Gasteiger partial charge in [0.05, 0.1) is 11.9 Å². The van der Waals surface area contributed by atoms with E-state index in [9.17, 15) is 4.79 Å². The molecule has 27 heavy (non-hydrogen) atoms. The zero-order chi connectivity index (χ0) is 19.4. The first-order chi connectivity index (χ1) is 13.0. The number of nitrogens with zero attached hydrogens (tertiary/aromatic N) is 7. The molecular formula is C18H26N8O. The van der Waals surface area contributed by atoms with E-state index in [1.54, 1.807) is 22.8 Å². The fourth-order valence-electron chi connectivity index (χ4n) is 2.97. The summed E-state index contributed by atoms with van der Waals surface area (Å²) in [6.45, 7) is 2.19. The van der Waals surface area contributed by atoms with E-state index in [4.69, 9.17) is 0 Å². The first kappa shape index (κ1) is 18.7. The molecule has 2 aromatic heterocycles. The molecule has 0 bridgehead atoms. The number of hydrogen-bond donors (Lipinski definition) is 1. The second-order valence-electron chi connectivity index (χ2n) is 6.66. The molecule has 9 heteroatoms. The molecule has 1 amide bonds. The number of carbonyl (C=O) groups excluding carboxylic acids is 1. The third-order valence-electron chi connectivity index (χ3n) is 4.45. The van der Waals surface area contributed by atoms with Gasteiger partial charge in [-0.15, -0.1) is 0 Å². The molecule has 0 aliphatic carbocycles. The van der Waals surface area contributed by atoms with Gasteiger partial charge in [-0.25, -0.2) is 4.98 Å². The number of hydrogen-bond acceptors (Lipinski definition) is 5. The van der Waals surface area contributed by atoms with Gasteiger partial charge in [0.2, 0.25) is 5.91 Å². The highest BCUT2D eigenvalue weighted by Gasteiger charge is 2.27. The Bertz CT molecular complexity index is 811. The molecule has 0 radical (unpaired) electrons. The predicted molar refractivity (Wildman–Crippen MR) is 106 cm³/mol. The van der Waals surface area contributed by atoms with Gasteiger partial charge in [-0.3, -0.25) is 14.5 Å². The molecule has 2 aromatic rings. The number of rotatable bonds is 4. The number of aromatic nitrogens is 3. The Morgan fingerprint density at radius 2 is 2.11 bits per heavy atom. The molecule has 0 saturated carbocycles. The van der Waals surface area contributed by atoms with Gasteiger partial charge >= 0.3 is 0 Å². The summed E-state index contributed by atoms with van der Waals surface area (Å²) < 4.78 is 1.70. The van der Waals surface area contributed by atoms with Crippen molar-refractivity contribution in [3.63, 3.8) is 0 Å². The van der Waals surface area contributed by atoms with Gasteiger partial charge in [-0.05, 0) is 11.6 Å². The average Bonchev–Trinajstić information content (AvgIpc) is 3.09. The highest BCUT2D eigenvalue weighted by Crippen LogP contribution is 2.16. The molecule has 1 aliphatic heterocycles. The number of amides is 1. The quantitative estimate of drug-likeness (QED) is 0.616. The van der Waals surface area contributed by atoms with Crippen molar-refractivity contribution >= 4 is 23.4 Å². The van der Waals surface area contributed by atoms with Crippen molar-refractivity contribution in [1.29, 1.82) is 0 Å². The lowest BCUT2D eigenvalue weighted by Gasteiger charge is -2.35. The largest absolute Gasteiger partial charge is 0.363 e. The number of nitrogens with one attached hydrogen (secondary N) is 1. The number of aliphatic imine (C=N–C) groups is 1. The van der Waals surface area contributed by atoms with Crippen LogP contribution in [0.1, 0.15) is 5.56 Å². The Morgan fingerprint density at radius 3 is 2.67 bits per heavy atom. The van der Waals surface area contributed by atoms with E-state index in [0.29, 0.717) is 25.6 Å². The number of piperazine rings is 1. The van der Waals surface area contributed by atoms with Gasteiger partial charge in [0, 0.05) is 60.2 Å². The zero-order valence-electron chi connectivity index (χ0n) is 16.3. The molecule has 1 aliphatic rings. The maximum atomic E-state index is 12.6. The van der Waals surface area contributed by atoms with E-state index < -0.39 is 0 Å². The third-order valence-corrected chi connectivity index (χ3v) is 4.45. The summed E-state index contributed by atoms with van der Waals surface area (Å²) in [7, 11) is 7.50. The van der Waals surface area contributed by atoms with E-state index in [2.05, 4.69) is 20.4 Å². The molecule has 0 atom stereocenters. The minimum Gasteiger partial charge on any atom is -0.363 e. The third kappa shape index (κ3) is 4.36. The van der Waals surface area contributed by atoms with Crippen LogP contribution < -0.4 is 15.1 Å². The van der Waals surface area contributed by atoms with E-state index in [1.165, 1.54) is 0 Å². The summed E-state index contributed by atoms with van der Waals surface area (Å²) in [5.41, 5.74) is 1.89. The smallest absolute Gasteiger partial charge is 0.246 e. The van der Waals surface area contributed by atoms with E-state index >= 15 is 0 Å². The average molecular weight is 370 g/mol. The highest BCUT2D eigenvalue weighted by atomic mass is 16.2. The van der Waals surface area contributed by atoms with Crippen LogP contribution in [0.15, 0.2) is 35.7 Å². The lowest BCUT2D eigenvalue weighted by atomic mass is 10.2. The van der Waals surface area contributed by atoms with Gasteiger partial charge in [0.1, 0.15) is 12.4 Å². The summed E-state index contributed by atoms with van der Waals surface area (Å²) in [5, 5.41) is 7.46. The van der Waals surface area contributed by atoms with Crippen LogP contribution in [0.25, 0.3) is 0 Å². The second kappa shape index (κ2) is 8.07. The maximum absolute atomic E-state index is 12.6. The summed E-state index contributed by atoms with van der Waals surface area (Å²) >= 11 is 0. The Morgan fingerprint density at radius 1 is 1.30 bits per heavy atom. The van der Waals surface area contributed by atoms with Crippen LogP contribution in [0.2, 0.25) is 0 Å². The van der Waals surface area contributed by atoms with Crippen LogP contribution in [-0.2, 0) is 18.4 Å². The number of anilines is 2. The zero-order valence-corrected chi connectivity index (χ0v) is 16.3. The van der Waals surface area contributed by atoms with Gasteiger partial charge in [0.15, 0.2) is 5.96 Å². The summed E-state index contributed by atoms with van der Waals surface area (Å²) in [4.78, 5) is 27.0. The Balaban J connectivity index is 1.57. The van der Waals surface area contributed by atoms with Crippen LogP contribution in [0.3, 0.4) is 0 Å². The Labute approximate surface area is 159 Å². The Hall–Kier alpha value is -3.10. The monoisotopic (exact) mass is 370 g/mol. The Kier molecular flexibility index (Phi) is 5.58. The van der Waals surface area contributed by atoms with Crippen molar-refractivity contribution in [2.75, 3.05) is 50.6 Å². The molecule has 9 nitrogen and oxygen atoms in total. The van der Waals surface area contributed by atoms with E-state index in [0.717, 1.165) is 17.1 Å². The maximum Gasteiger partial charge on any atom is 0.246 e. The molecule has 0 aromatic carbocycles. The van der Waals surface area contributed by atoms with Crippen molar-refractivity contribution in [3.05, 3.63) is 36.3 Å². The van der Waals surface area contributed by atoms with Crippen molar-refractivity contribution in [2.24, 2.45) is 12.0 Å².